The normalized spacial score (nSPS) is 19.0. The lowest BCUT2D eigenvalue weighted by molar-refractivity contribution is -0.384. The number of nitro groups is 1. The quantitative estimate of drug-likeness (QED) is 0.622. The van der Waals surface area contributed by atoms with Gasteiger partial charge in [-0.2, -0.15) is 13.2 Å². The molecule has 1 aliphatic heterocycles. The van der Waals surface area contributed by atoms with E-state index in [4.69, 9.17) is 0 Å². The number of nitro benzene ring substituents is 1. The number of aryl methyl sites for hydroxylation is 1. The number of hydrogen-bond acceptors (Lipinski definition) is 3. The monoisotopic (exact) mass is 260 g/mol. The van der Waals surface area contributed by atoms with Crippen molar-refractivity contribution in [3.8, 4) is 0 Å². The molecule has 0 aromatic heterocycles. The number of anilines is 1. The molecule has 1 unspecified atom stereocenters. The molecule has 1 aromatic carbocycles. The number of nitrogens with zero attached hydrogens (tertiary/aromatic N) is 1. The Labute approximate surface area is 101 Å². The fourth-order valence-electron chi connectivity index (χ4n) is 2.05. The summed E-state index contributed by atoms with van der Waals surface area (Å²) in [4.78, 5) is 10.1. The summed E-state index contributed by atoms with van der Waals surface area (Å²) in [5.41, 5.74) is -0.906. The molecule has 0 fully saturated rings. The van der Waals surface area contributed by atoms with Gasteiger partial charge < -0.3 is 5.32 Å². The molecule has 1 aromatic rings. The summed E-state index contributed by atoms with van der Waals surface area (Å²) < 4.78 is 37.9. The minimum Gasteiger partial charge on any atom is -0.377 e. The SMILES string of the molecule is CC1CCc2cc(C(F)(F)F)cc([N+](=O)[O-])c2N1. The van der Waals surface area contributed by atoms with Crippen LogP contribution in [0.15, 0.2) is 12.1 Å². The second kappa shape index (κ2) is 4.15. The third-order valence-electron chi connectivity index (χ3n) is 2.96. The summed E-state index contributed by atoms with van der Waals surface area (Å²) in [5, 5.41) is 13.7. The minimum atomic E-state index is -4.57. The molecule has 98 valence electrons. The second-order valence-electron chi connectivity index (χ2n) is 4.37. The number of halogens is 3. The first kappa shape index (κ1) is 12.7. The van der Waals surface area contributed by atoms with E-state index in [0.717, 1.165) is 6.07 Å². The van der Waals surface area contributed by atoms with Gasteiger partial charge in [0.25, 0.3) is 5.69 Å². The highest BCUT2D eigenvalue weighted by molar-refractivity contribution is 5.69. The third-order valence-corrected chi connectivity index (χ3v) is 2.96. The lowest BCUT2D eigenvalue weighted by atomic mass is 9.95. The van der Waals surface area contributed by atoms with Crippen molar-refractivity contribution < 1.29 is 18.1 Å². The van der Waals surface area contributed by atoms with Crippen molar-refractivity contribution in [3.63, 3.8) is 0 Å². The van der Waals surface area contributed by atoms with Crippen LogP contribution in [0, 0.1) is 10.1 Å². The third kappa shape index (κ3) is 2.25. The van der Waals surface area contributed by atoms with E-state index < -0.39 is 22.4 Å². The molecule has 0 saturated heterocycles. The number of alkyl halides is 3. The highest BCUT2D eigenvalue weighted by atomic mass is 19.4. The maximum Gasteiger partial charge on any atom is 0.416 e. The molecular formula is C11H11F3N2O2. The predicted molar refractivity (Wildman–Crippen MR) is 59.5 cm³/mol. The van der Waals surface area contributed by atoms with Crippen molar-refractivity contribution in [2.24, 2.45) is 0 Å². The molecule has 1 N–H and O–H groups in total. The van der Waals surface area contributed by atoms with Crippen molar-refractivity contribution >= 4 is 11.4 Å². The first-order valence-corrected chi connectivity index (χ1v) is 5.44. The molecule has 0 saturated carbocycles. The molecule has 18 heavy (non-hydrogen) atoms. The Hall–Kier alpha value is -1.79. The van der Waals surface area contributed by atoms with E-state index in [0.29, 0.717) is 24.5 Å². The van der Waals surface area contributed by atoms with E-state index in [1.165, 1.54) is 0 Å². The van der Waals surface area contributed by atoms with Gasteiger partial charge in [0.05, 0.1) is 10.5 Å². The van der Waals surface area contributed by atoms with E-state index in [1.807, 2.05) is 6.92 Å². The summed E-state index contributed by atoms with van der Waals surface area (Å²) in [7, 11) is 0. The largest absolute Gasteiger partial charge is 0.416 e. The van der Waals surface area contributed by atoms with Crippen molar-refractivity contribution in [1.29, 1.82) is 0 Å². The van der Waals surface area contributed by atoms with Crippen LogP contribution >= 0.6 is 0 Å². The highest BCUT2D eigenvalue weighted by Crippen LogP contribution is 2.40. The zero-order valence-corrected chi connectivity index (χ0v) is 9.54. The van der Waals surface area contributed by atoms with Crippen molar-refractivity contribution in [2.75, 3.05) is 5.32 Å². The van der Waals surface area contributed by atoms with E-state index >= 15 is 0 Å². The summed E-state index contributed by atoms with van der Waals surface area (Å²) in [5.74, 6) is 0. The average Bonchev–Trinajstić information content (AvgIpc) is 2.25. The molecule has 0 aliphatic carbocycles. The van der Waals surface area contributed by atoms with Crippen LogP contribution in [-0.4, -0.2) is 11.0 Å². The Kier molecular flexibility index (Phi) is 2.92. The lowest BCUT2D eigenvalue weighted by Gasteiger charge is -2.24. The molecule has 0 bridgehead atoms. The van der Waals surface area contributed by atoms with Crippen LogP contribution in [0.4, 0.5) is 24.5 Å². The molecule has 1 heterocycles. The van der Waals surface area contributed by atoms with Crippen LogP contribution in [0.2, 0.25) is 0 Å². The standard InChI is InChI=1S/C11H11F3N2O2/c1-6-2-3-7-4-8(11(12,13)14)5-9(16(17)18)10(7)15-6/h4-6,15H,2-3H2,1H3. The first-order valence-electron chi connectivity index (χ1n) is 5.44. The van der Waals surface area contributed by atoms with Crippen molar-refractivity contribution in [2.45, 2.75) is 32.0 Å². The van der Waals surface area contributed by atoms with Gasteiger partial charge in [-0.1, -0.05) is 0 Å². The van der Waals surface area contributed by atoms with Gasteiger partial charge in [0.2, 0.25) is 0 Å². The van der Waals surface area contributed by atoms with E-state index in [1.54, 1.807) is 0 Å². The van der Waals surface area contributed by atoms with Crippen LogP contribution in [0.1, 0.15) is 24.5 Å². The molecular weight excluding hydrogens is 249 g/mol. The zero-order chi connectivity index (χ0) is 13.5. The van der Waals surface area contributed by atoms with Gasteiger partial charge >= 0.3 is 6.18 Å². The van der Waals surface area contributed by atoms with Crippen molar-refractivity contribution in [3.05, 3.63) is 33.4 Å². The summed E-state index contributed by atoms with van der Waals surface area (Å²) in [6, 6.07) is 1.60. The van der Waals surface area contributed by atoms with Crippen LogP contribution in [0.5, 0.6) is 0 Å². The molecule has 2 rings (SSSR count). The maximum atomic E-state index is 12.6. The van der Waals surface area contributed by atoms with E-state index in [-0.39, 0.29) is 11.7 Å². The summed E-state index contributed by atoms with van der Waals surface area (Å²) >= 11 is 0. The Morgan fingerprint density at radius 3 is 2.67 bits per heavy atom. The highest BCUT2D eigenvalue weighted by Gasteiger charge is 2.35. The smallest absolute Gasteiger partial charge is 0.377 e. The van der Waals surface area contributed by atoms with Crippen LogP contribution < -0.4 is 5.32 Å². The summed E-state index contributed by atoms with van der Waals surface area (Å²) in [6.07, 6.45) is -3.50. The Balaban J connectivity index is 2.59. The Morgan fingerprint density at radius 1 is 1.44 bits per heavy atom. The number of nitrogens with one attached hydrogen (secondary N) is 1. The molecule has 1 aliphatic rings. The first-order chi connectivity index (χ1) is 8.29. The summed E-state index contributed by atoms with van der Waals surface area (Å²) in [6.45, 7) is 1.84. The molecule has 4 nitrogen and oxygen atoms in total. The van der Waals surface area contributed by atoms with Crippen molar-refractivity contribution in [1.82, 2.24) is 0 Å². The molecule has 0 radical (unpaired) electrons. The van der Waals surface area contributed by atoms with E-state index in [9.17, 15) is 23.3 Å². The Bertz CT molecular complexity index is 500. The van der Waals surface area contributed by atoms with Gasteiger partial charge in [-0.05, 0) is 31.4 Å². The topological polar surface area (TPSA) is 55.2 Å². The number of benzene rings is 1. The number of hydrogen-bond donors (Lipinski definition) is 1. The maximum absolute atomic E-state index is 12.6. The number of fused-ring (bicyclic) bond motifs is 1. The zero-order valence-electron chi connectivity index (χ0n) is 9.54. The van der Waals surface area contributed by atoms with Gasteiger partial charge in [0, 0.05) is 12.1 Å². The fourth-order valence-corrected chi connectivity index (χ4v) is 2.05. The lowest BCUT2D eigenvalue weighted by Crippen LogP contribution is -2.23. The van der Waals surface area contributed by atoms with Gasteiger partial charge in [-0.25, -0.2) is 0 Å². The Morgan fingerprint density at radius 2 is 2.11 bits per heavy atom. The van der Waals surface area contributed by atoms with Gasteiger partial charge in [-0.3, -0.25) is 10.1 Å². The van der Waals surface area contributed by atoms with E-state index in [2.05, 4.69) is 5.32 Å². The van der Waals surface area contributed by atoms with Crippen LogP contribution in [0.25, 0.3) is 0 Å². The second-order valence-corrected chi connectivity index (χ2v) is 4.37. The van der Waals surface area contributed by atoms with Gasteiger partial charge in [0.1, 0.15) is 5.69 Å². The predicted octanol–water partition coefficient (Wildman–Crippen LogP) is 3.36. The molecule has 0 amide bonds. The minimum absolute atomic E-state index is 0.0212. The van der Waals surface area contributed by atoms with Gasteiger partial charge in [-0.15, -0.1) is 0 Å². The molecule has 0 spiro atoms. The molecule has 1 atom stereocenters. The average molecular weight is 260 g/mol. The fraction of sp³-hybridized carbons (Fsp3) is 0.455. The number of rotatable bonds is 1. The van der Waals surface area contributed by atoms with Crippen LogP contribution in [0.3, 0.4) is 0 Å². The van der Waals surface area contributed by atoms with Gasteiger partial charge in [0.15, 0.2) is 0 Å². The van der Waals surface area contributed by atoms with Crippen LogP contribution in [-0.2, 0) is 12.6 Å². The molecule has 7 heteroatoms.